The van der Waals surface area contributed by atoms with E-state index in [1.54, 1.807) is 12.1 Å². The molecular formula is C14H22N2O3S. The number of anilines is 1. The highest BCUT2D eigenvalue weighted by Crippen LogP contribution is 2.24. The van der Waals surface area contributed by atoms with Crippen molar-refractivity contribution in [1.29, 1.82) is 0 Å². The minimum absolute atomic E-state index is 0.0924. The standard InChI is InChI=1S/C14H22N2O3S/c1-9-6-13(15)14(7-10(9)2)20(17,18)16-8-12-4-5-19-11(12)3/h6-7,11-12,16H,4-5,8,15H2,1-3H3. The van der Waals surface area contributed by atoms with E-state index in [4.69, 9.17) is 10.5 Å². The summed E-state index contributed by atoms with van der Waals surface area (Å²) in [6.07, 6.45) is 0.973. The minimum atomic E-state index is -3.57. The fourth-order valence-electron chi connectivity index (χ4n) is 2.38. The first-order valence-corrected chi connectivity index (χ1v) is 8.27. The van der Waals surface area contributed by atoms with Gasteiger partial charge in [0.15, 0.2) is 0 Å². The van der Waals surface area contributed by atoms with Crippen LogP contribution in [0.25, 0.3) is 0 Å². The molecule has 2 atom stereocenters. The van der Waals surface area contributed by atoms with Crippen molar-refractivity contribution in [3.63, 3.8) is 0 Å². The average Bonchev–Trinajstić information content (AvgIpc) is 2.77. The zero-order valence-corrected chi connectivity index (χ0v) is 13.0. The molecule has 0 spiro atoms. The van der Waals surface area contributed by atoms with Gasteiger partial charge in [0, 0.05) is 19.1 Å². The smallest absolute Gasteiger partial charge is 0.242 e. The molecule has 1 fully saturated rings. The SMILES string of the molecule is Cc1cc(N)c(S(=O)(=O)NCC2CCOC2C)cc1C. The Hall–Kier alpha value is -1.11. The van der Waals surface area contributed by atoms with Crippen molar-refractivity contribution < 1.29 is 13.2 Å². The van der Waals surface area contributed by atoms with Gasteiger partial charge in [-0.3, -0.25) is 0 Å². The Kier molecular flexibility index (Phi) is 4.36. The van der Waals surface area contributed by atoms with E-state index >= 15 is 0 Å². The molecule has 1 heterocycles. The van der Waals surface area contributed by atoms with Gasteiger partial charge >= 0.3 is 0 Å². The van der Waals surface area contributed by atoms with E-state index in [-0.39, 0.29) is 22.6 Å². The Balaban J connectivity index is 2.16. The Morgan fingerprint density at radius 2 is 2.00 bits per heavy atom. The minimum Gasteiger partial charge on any atom is -0.398 e. The first-order chi connectivity index (χ1) is 9.31. The van der Waals surface area contributed by atoms with Gasteiger partial charge in [-0.25, -0.2) is 13.1 Å². The average molecular weight is 298 g/mol. The molecule has 0 bridgehead atoms. The van der Waals surface area contributed by atoms with Crippen molar-refractivity contribution in [2.75, 3.05) is 18.9 Å². The van der Waals surface area contributed by atoms with Gasteiger partial charge < -0.3 is 10.5 Å². The second-order valence-corrected chi connectivity index (χ2v) is 7.19. The molecule has 0 saturated carbocycles. The molecule has 1 saturated heterocycles. The first-order valence-electron chi connectivity index (χ1n) is 6.79. The molecule has 0 radical (unpaired) electrons. The maximum absolute atomic E-state index is 12.3. The van der Waals surface area contributed by atoms with Crippen LogP contribution in [0.3, 0.4) is 0 Å². The number of sulfonamides is 1. The van der Waals surface area contributed by atoms with E-state index in [1.165, 1.54) is 0 Å². The molecule has 6 heteroatoms. The van der Waals surface area contributed by atoms with Crippen LogP contribution in [-0.2, 0) is 14.8 Å². The Morgan fingerprint density at radius 1 is 1.35 bits per heavy atom. The van der Waals surface area contributed by atoms with Crippen molar-refractivity contribution in [2.24, 2.45) is 5.92 Å². The summed E-state index contributed by atoms with van der Waals surface area (Å²) in [6, 6.07) is 3.33. The zero-order chi connectivity index (χ0) is 14.9. The lowest BCUT2D eigenvalue weighted by Crippen LogP contribution is -2.32. The molecule has 5 nitrogen and oxygen atoms in total. The van der Waals surface area contributed by atoms with Gasteiger partial charge in [0.25, 0.3) is 0 Å². The quantitative estimate of drug-likeness (QED) is 0.827. The molecule has 3 N–H and O–H groups in total. The molecule has 1 aliphatic heterocycles. The van der Waals surface area contributed by atoms with Crippen LogP contribution in [0, 0.1) is 19.8 Å². The van der Waals surface area contributed by atoms with Gasteiger partial charge in [-0.15, -0.1) is 0 Å². The van der Waals surface area contributed by atoms with E-state index < -0.39 is 10.0 Å². The molecule has 112 valence electrons. The van der Waals surface area contributed by atoms with E-state index in [2.05, 4.69) is 4.72 Å². The summed E-state index contributed by atoms with van der Waals surface area (Å²) in [5.74, 6) is 0.220. The summed E-state index contributed by atoms with van der Waals surface area (Å²) in [5.41, 5.74) is 8.03. The predicted molar refractivity (Wildman–Crippen MR) is 79.0 cm³/mol. The van der Waals surface area contributed by atoms with Crippen LogP contribution in [0.1, 0.15) is 24.5 Å². The van der Waals surface area contributed by atoms with Crippen LogP contribution in [0.5, 0.6) is 0 Å². The van der Waals surface area contributed by atoms with Gasteiger partial charge in [-0.05, 0) is 50.5 Å². The number of ether oxygens (including phenoxy) is 1. The Bertz CT molecular complexity index is 599. The lowest BCUT2D eigenvalue weighted by atomic mass is 10.0. The molecule has 0 aromatic heterocycles. The monoisotopic (exact) mass is 298 g/mol. The molecule has 0 amide bonds. The van der Waals surface area contributed by atoms with E-state index in [9.17, 15) is 8.42 Å². The number of nitrogens with one attached hydrogen (secondary N) is 1. The van der Waals surface area contributed by atoms with E-state index in [0.717, 1.165) is 17.5 Å². The molecule has 1 aromatic carbocycles. The Morgan fingerprint density at radius 3 is 2.60 bits per heavy atom. The number of nitrogen functional groups attached to an aromatic ring is 1. The number of hydrogen-bond acceptors (Lipinski definition) is 4. The van der Waals surface area contributed by atoms with Crippen molar-refractivity contribution in [3.8, 4) is 0 Å². The van der Waals surface area contributed by atoms with Crippen molar-refractivity contribution >= 4 is 15.7 Å². The van der Waals surface area contributed by atoms with Crippen LogP contribution in [-0.4, -0.2) is 27.7 Å². The number of nitrogens with two attached hydrogens (primary N) is 1. The number of hydrogen-bond donors (Lipinski definition) is 2. The molecule has 1 aromatic rings. The van der Waals surface area contributed by atoms with Crippen LogP contribution in [0.2, 0.25) is 0 Å². The summed E-state index contributed by atoms with van der Waals surface area (Å²) >= 11 is 0. The topological polar surface area (TPSA) is 81.4 Å². The molecule has 2 rings (SSSR count). The predicted octanol–water partition coefficient (Wildman–Crippen LogP) is 1.59. The van der Waals surface area contributed by atoms with Crippen LogP contribution in [0.4, 0.5) is 5.69 Å². The molecule has 20 heavy (non-hydrogen) atoms. The summed E-state index contributed by atoms with van der Waals surface area (Å²) in [4.78, 5) is 0.159. The molecule has 2 unspecified atom stereocenters. The number of rotatable bonds is 4. The van der Waals surface area contributed by atoms with Gasteiger partial charge in [-0.1, -0.05) is 0 Å². The second-order valence-electron chi connectivity index (χ2n) is 5.45. The van der Waals surface area contributed by atoms with E-state index in [0.29, 0.717) is 13.2 Å². The Labute approximate surface area is 120 Å². The first kappa shape index (κ1) is 15.3. The van der Waals surface area contributed by atoms with Crippen molar-refractivity contribution in [3.05, 3.63) is 23.3 Å². The largest absolute Gasteiger partial charge is 0.398 e. The fourth-order valence-corrected chi connectivity index (χ4v) is 3.67. The lowest BCUT2D eigenvalue weighted by Gasteiger charge is -2.16. The van der Waals surface area contributed by atoms with Crippen LogP contribution in [0.15, 0.2) is 17.0 Å². The zero-order valence-electron chi connectivity index (χ0n) is 12.1. The highest BCUT2D eigenvalue weighted by molar-refractivity contribution is 7.89. The maximum atomic E-state index is 12.3. The summed E-state index contributed by atoms with van der Waals surface area (Å²) in [6.45, 7) is 6.83. The molecular weight excluding hydrogens is 276 g/mol. The highest BCUT2D eigenvalue weighted by atomic mass is 32.2. The fraction of sp³-hybridized carbons (Fsp3) is 0.571. The third-order valence-corrected chi connectivity index (χ3v) is 5.46. The van der Waals surface area contributed by atoms with Crippen molar-refractivity contribution in [2.45, 2.75) is 38.2 Å². The van der Waals surface area contributed by atoms with E-state index in [1.807, 2.05) is 20.8 Å². The maximum Gasteiger partial charge on any atom is 0.242 e. The molecule has 0 aliphatic carbocycles. The summed E-state index contributed by atoms with van der Waals surface area (Å²) < 4.78 is 32.8. The number of benzene rings is 1. The van der Waals surface area contributed by atoms with Crippen LogP contribution >= 0.6 is 0 Å². The highest BCUT2D eigenvalue weighted by Gasteiger charge is 2.27. The summed E-state index contributed by atoms with van der Waals surface area (Å²) in [7, 11) is -3.57. The van der Waals surface area contributed by atoms with Gasteiger partial charge in [-0.2, -0.15) is 0 Å². The van der Waals surface area contributed by atoms with Crippen LogP contribution < -0.4 is 10.5 Å². The lowest BCUT2D eigenvalue weighted by molar-refractivity contribution is 0.107. The van der Waals surface area contributed by atoms with Gasteiger partial charge in [0.05, 0.1) is 11.8 Å². The van der Waals surface area contributed by atoms with Gasteiger partial charge in [0.1, 0.15) is 4.90 Å². The number of aryl methyl sites for hydroxylation is 2. The normalized spacial score (nSPS) is 23.1. The third-order valence-electron chi connectivity index (χ3n) is 3.98. The van der Waals surface area contributed by atoms with Gasteiger partial charge in [0.2, 0.25) is 10.0 Å². The van der Waals surface area contributed by atoms with Crippen molar-refractivity contribution in [1.82, 2.24) is 4.72 Å². The third kappa shape index (κ3) is 3.13. The molecule has 1 aliphatic rings. The second kappa shape index (κ2) is 5.71. The summed E-state index contributed by atoms with van der Waals surface area (Å²) in [5, 5.41) is 0.